The Balaban J connectivity index is 1.97. The Hall–Kier alpha value is -2.75. The molecule has 0 unspecified atom stereocenters. The van der Waals surface area contributed by atoms with Gasteiger partial charge in [0.2, 0.25) is 10.0 Å². The summed E-state index contributed by atoms with van der Waals surface area (Å²) in [5, 5.41) is 10.2. The van der Waals surface area contributed by atoms with Crippen molar-refractivity contribution in [1.82, 2.24) is 8.87 Å². The van der Waals surface area contributed by atoms with Crippen LogP contribution >= 0.6 is 0 Å². The minimum absolute atomic E-state index is 0.0416. The first-order valence-electron chi connectivity index (χ1n) is 10.4. The van der Waals surface area contributed by atoms with Crippen LogP contribution in [0.15, 0.2) is 52.2 Å². The van der Waals surface area contributed by atoms with Crippen LogP contribution in [0.1, 0.15) is 29.8 Å². The number of hydrogen-bond donors (Lipinski definition) is 1. The molecule has 0 spiro atoms. The number of fused-ring (bicyclic) bond motifs is 4. The van der Waals surface area contributed by atoms with Crippen molar-refractivity contribution in [1.29, 1.82) is 0 Å². The number of rotatable bonds is 5. The van der Waals surface area contributed by atoms with Gasteiger partial charge in [-0.25, -0.2) is 8.42 Å². The smallest absolute Gasteiger partial charge is 0.311 e. The van der Waals surface area contributed by atoms with Gasteiger partial charge in [-0.15, -0.1) is 0 Å². The molecule has 4 rings (SSSR count). The molecule has 1 saturated heterocycles. The number of carbonyl (C=O) groups is 1. The van der Waals surface area contributed by atoms with E-state index in [4.69, 9.17) is 4.74 Å². The molecule has 9 heteroatoms. The van der Waals surface area contributed by atoms with Crippen LogP contribution in [0.3, 0.4) is 0 Å². The average molecular weight is 459 g/mol. The van der Waals surface area contributed by atoms with Crippen molar-refractivity contribution in [2.24, 2.45) is 11.8 Å². The minimum atomic E-state index is -4.04. The maximum atomic E-state index is 13.8. The molecule has 2 bridgehead atoms. The number of aliphatic hydroxyl groups is 1. The number of ether oxygens (including phenoxy) is 1. The Morgan fingerprint density at radius 1 is 1.25 bits per heavy atom. The number of allylic oxidation sites excluding steroid dienone is 1. The highest BCUT2D eigenvalue weighted by Crippen LogP contribution is 2.51. The fourth-order valence-electron chi connectivity index (χ4n) is 5.07. The fraction of sp³-hybridized carbons (Fsp3) is 0.391. The van der Waals surface area contributed by atoms with Gasteiger partial charge < -0.3 is 14.4 Å². The zero-order valence-electron chi connectivity index (χ0n) is 18.1. The van der Waals surface area contributed by atoms with E-state index in [1.165, 1.54) is 22.0 Å². The molecule has 4 atom stereocenters. The predicted octanol–water partition coefficient (Wildman–Crippen LogP) is 1.72. The average Bonchev–Trinajstić information content (AvgIpc) is 3.03. The molecule has 0 aliphatic carbocycles. The number of nitrogens with zero attached hydrogens (tertiary/aromatic N) is 2. The number of aromatic nitrogens is 1. The van der Waals surface area contributed by atoms with Crippen molar-refractivity contribution in [3.05, 3.63) is 69.6 Å². The van der Waals surface area contributed by atoms with Gasteiger partial charge in [-0.3, -0.25) is 9.59 Å². The maximum Gasteiger partial charge on any atom is 0.311 e. The number of sulfonamides is 1. The summed E-state index contributed by atoms with van der Waals surface area (Å²) in [6, 6.07) is 8.23. The van der Waals surface area contributed by atoms with Gasteiger partial charge in [-0.05, 0) is 37.6 Å². The van der Waals surface area contributed by atoms with E-state index < -0.39 is 46.5 Å². The minimum Gasteiger partial charge on any atom is -0.469 e. The van der Waals surface area contributed by atoms with Gasteiger partial charge in [0.1, 0.15) is 0 Å². The number of aliphatic hydroxyl groups excluding tert-OH is 1. The lowest BCUT2D eigenvalue weighted by molar-refractivity contribution is -0.148. The molecule has 3 heterocycles. The van der Waals surface area contributed by atoms with Crippen molar-refractivity contribution >= 4 is 22.1 Å². The summed E-state index contributed by atoms with van der Waals surface area (Å²) < 4.78 is 35.5. The second kappa shape index (κ2) is 8.31. The van der Waals surface area contributed by atoms with Gasteiger partial charge in [0.25, 0.3) is 5.56 Å². The Morgan fingerprint density at radius 3 is 2.59 bits per heavy atom. The van der Waals surface area contributed by atoms with Gasteiger partial charge in [0.15, 0.2) is 0 Å². The quantitative estimate of drug-likeness (QED) is 0.684. The lowest BCUT2D eigenvalue weighted by Gasteiger charge is -2.37. The molecule has 1 N–H and O–H groups in total. The van der Waals surface area contributed by atoms with Crippen LogP contribution in [0.4, 0.5) is 0 Å². The molecule has 2 aliphatic heterocycles. The number of benzene rings is 1. The van der Waals surface area contributed by atoms with E-state index in [0.29, 0.717) is 16.8 Å². The Bertz CT molecular complexity index is 1250. The van der Waals surface area contributed by atoms with E-state index in [1.807, 2.05) is 0 Å². The highest BCUT2D eigenvalue weighted by molar-refractivity contribution is 7.89. The zero-order valence-corrected chi connectivity index (χ0v) is 19.0. The molecule has 0 saturated carbocycles. The number of pyridine rings is 1. The van der Waals surface area contributed by atoms with Gasteiger partial charge in [0.05, 0.1) is 24.0 Å². The van der Waals surface area contributed by atoms with Crippen LogP contribution < -0.4 is 5.56 Å². The van der Waals surface area contributed by atoms with Crippen LogP contribution in [0, 0.1) is 18.8 Å². The van der Waals surface area contributed by atoms with Crippen LogP contribution in [0.2, 0.25) is 0 Å². The topological polar surface area (TPSA) is 106 Å². The lowest BCUT2D eigenvalue weighted by Crippen LogP contribution is -2.49. The first-order valence-corrected chi connectivity index (χ1v) is 11.9. The summed E-state index contributed by atoms with van der Waals surface area (Å²) in [4.78, 5) is 26.1. The number of aryl methyl sites for hydroxylation is 1. The molecular formula is C23H26N2O6S. The van der Waals surface area contributed by atoms with Crippen LogP contribution in [-0.4, -0.2) is 48.1 Å². The van der Waals surface area contributed by atoms with Gasteiger partial charge in [-0.2, -0.15) is 4.31 Å². The highest BCUT2D eigenvalue weighted by Gasteiger charge is 2.60. The maximum absolute atomic E-state index is 13.8. The molecule has 2 aromatic rings. The van der Waals surface area contributed by atoms with E-state index in [2.05, 4.69) is 0 Å². The van der Waals surface area contributed by atoms with Gasteiger partial charge in [0, 0.05) is 36.4 Å². The SMILES string of the molecule is C/C=C\c1ccc2n(c1=O)C[C@H]1[C@H](CO)[C@@H](C(=O)OC)[C@@H]2N1S(=O)(=O)c1ccccc1C. The van der Waals surface area contributed by atoms with Gasteiger partial charge in [-0.1, -0.05) is 30.4 Å². The number of carbonyl (C=O) groups excluding carboxylic acids is 1. The fourth-order valence-corrected chi connectivity index (χ4v) is 7.14. The van der Waals surface area contributed by atoms with E-state index in [9.17, 15) is 23.1 Å². The monoisotopic (exact) mass is 458 g/mol. The number of esters is 1. The van der Waals surface area contributed by atoms with Crippen molar-refractivity contribution in [2.75, 3.05) is 13.7 Å². The Labute approximate surface area is 186 Å². The standard InChI is InChI=1S/C23H26N2O6S/c1-4-7-15-10-11-17-21-20(23(28)31-3)16(13-26)18(12-24(17)22(15)27)25(21)32(29,30)19-9-6-5-8-14(19)2/h4-11,16,18,20-21,26H,12-13H2,1-3H3/b7-4-/t16-,18-,20+,21+/m0/s1. The first-order chi connectivity index (χ1) is 15.3. The van der Waals surface area contributed by atoms with E-state index in [0.717, 1.165) is 0 Å². The molecular weight excluding hydrogens is 432 g/mol. The van der Waals surface area contributed by atoms with E-state index in [1.54, 1.807) is 56.3 Å². The molecule has 32 heavy (non-hydrogen) atoms. The number of methoxy groups -OCH3 is 1. The summed E-state index contributed by atoms with van der Waals surface area (Å²) in [5.74, 6) is -2.26. The summed E-state index contributed by atoms with van der Waals surface area (Å²) in [5.41, 5.74) is 1.21. The Morgan fingerprint density at radius 2 is 1.97 bits per heavy atom. The highest BCUT2D eigenvalue weighted by atomic mass is 32.2. The van der Waals surface area contributed by atoms with Crippen LogP contribution in [-0.2, 0) is 26.1 Å². The summed E-state index contributed by atoms with van der Waals surface area (Å²) in [6.07, 6.45) is 3.44. The second-order valence-electron chi connectivity index (χ2n) is 8.14. The van der Waals surface area contributed by atoms with Crippen LogP contribution in [0.25, 0.3) is 6.08 Å². The normalized spacial score (nSPS) is 25.1. The van der Waals surface area contributed by atoms with Crippen LogP contribution in [0.5, 0.6) is 0 Å². The van der Waals surface area contributed by atoms with Crippen molar-refractivity contribution in [3.8, 4) is 0 Å². The van der Waals surface area contributed by atoms with E-state index >= 15 is 0 Å². The Kier molecular flexibility index (Phi) is 5.83. The van der Waals surface area contributed by atoms with Crippen molar-refractivity contribution in [3.63, 3.8) is 0 Å². The third kappa shape index (κ3) is 3.23. The van der Waals surface area contributed by atoms with Gasteiger partial charge >= 0.3 is 5.97 Å². The van der Waals surface area contributed by atoms with E-state index in [-0.39, 0.29) is 17.0 Å². The molecule has 8 nitrogen and oxygen atoms in total. The largest absolute Gasteiger partial charge is 0.469 e. The predicted molar refractivity (Wildman–Crippen MR) is 118 cm³/mol. The summed E-state index contributed by atoms with van der Waals surface area (Å²) in [6.45, 7) is 3.14. The molecule has 0 amide bonds. The molecule has 1 fully saturated rings. The molecule has 1 aromatic heterocycles. The molecule has 170 valence electrons. The first kappa shape index (κ1) is 22.4. The molecule has 0 radical (unpaired) electrons. The number of hydrogen-bond acceptors (Lipinski definition) is 6. The summed E-state index contributed by atoms with van der Waals surface area (Å²) >= 11 is 0. The molecule has 2 aliphatic rings. The van der Waals surface area contributed by atoms with Crippen molar-refractivity contribution in [2.45, 2.75) is 37.4 Å². The zero-order chi connectivity index (χ0) is 23.2. The third-order valence-electron chi connectivity index (χ3n) is 6.49. The van der Waals surface area contributed by atoms with Crippen molar-refractivity contribution < 1.29 is 23.1 Å². The molecule has 1 aromatic carbocycles. The lowest BCUT2D eigenvalue weighted by atomic mass is 9.87. The second-order valence-corrected chi connectivity index (χ2v) is 9.95. The third-order valence-corrected chi connectivity index (χ3v) is 8.55. The summed E-state index contributed by atoms with van der Waals surface area (Å²) in [7, 11) is -2.80.